The third-order valence-electron chi connectivity index (χ3n) is 2.99. The molecule has 1 aromatic carbocycles. The highest BCUT2D eigenvalue weighted by Gasteiger charge is 2.33. The van der Waals surface area contributed by atoms with Gasteiger partial charge < -0.3 is 5.32 Å². The fraction of sp³-hybridized carbons (Fsp3) is 0.500. The van der Waals surface area contributed by atoms with E-state index >= 15 is 0 Å². The Morgan fingerprint density at radius 2 is 1.89 bits per heavy atom. The Balaban J connectivity index is 2.18. The van der Waals surface area contributed by atoms with Crippen molar-refractivity contribution in [2.24, 2.45) is 0 Å². The predicted octanol–water partition coefficient (Wildman–Crippen LogP) is 2.76. The highest BCUT2D eigenvalue weighted by Crippen LogP contribution is 2.36. The van der Waals surface area contributed by atoms with E-state index in [1.807, 2.05) is 0 Å². The van der Waals surface area contributed by atoms with Gasteiger partial charge in [-0.3, -0.25) is 4.90 Å². The third kappa shape index (κ3) is 3.16. The zero-order valence-electron chi connectivity index (χ0n) is 9.73. The average molecular weight is 279 g/mol. The maximum Gasteiger partial charge on any atom is 0.417 e. The smallest absolute Gasteiger partial charge is 0.314 e. The molecule has 0 radical (unpaired) electrons. The number of piperazine rings is 1. The maximum absolute atomic E-state index is 12.7. The lowest BCUT2D eigenvalue weighted by Gasteiger charge is -2.27. The first-order valence-electron chi connectivity index (χ1n) is 5.76. The van der Waals surface area contributed by atoms with Gasteiger partial charge in [-0.25, -0.2) is 0 Å². The van der Waals surface area contributed by atoms with Gasteiger partial charge in [-0.05, 0) is 11.6 Å². The van der Waals surface area contributed by atoms with Gasteiger partial charge in [-0.2, -0.15) is 13.2 Å². The van der Waals surface area contributed by atoms with Crippen molar-refractivity contribution in [3.63, 3.8) is 0 Å². The summed E-state index contributed by atoms with van der Waals surface area (Å²) in [7, 11) is 0. The molecule has 0 spiro atoms. The van der Waals surface area contributed by atoms with Crippen LogP contribution in [0.25, 0.3) is 0 Å². The number of benzene rings is 1. The number of alkyl halides is 3. The van der Waals surface area contributed by atoms with Gasteiger partial charge in [0.25, 0.3) is 0 Å². The molecular formula is C12H14ClF3N2. The maximum atomic E-state index is 12.7. The van der Waals surface area contributed by atoms with Crippen molar-refractivity contribution in [3.8, 4) is 0 Å². The van der Waals surface area contributed by atoms with Crippen molar-refractivity contribution in [1.29, 1.82) is 0 Å². The van der Waals surface area contributed by atoms with E-state index in [9.17, 15) is 13.2 Å². The molecule has 1 aliphatic rings. The number of nitrogens with one attached hydrogen (secondary N) is 1. The van der Waals surface area contributed by atoms with Crippen LogP contribution in [0.3, 0.4) is 0 Å². The van der Waals surface area contributed by atoms with Crippen LogP contribution in [-0.2, 0) is 12.7 Å². The van der Waals surface area contributed by atoms with Crippen molar-refractivity contribution < 1.29 is 13.2 Å². The second kappa shape index (κ2) is 5.47. The topological polar surface area (TPSA) is 15.3 Å². The van der Waals surface area contributed by atoms with Crippen LogP contribution < -0.4 is 5.32 Å². The van der Waals surface area contributed by atoms with Gasteiger partial charge in [0.2, 0.25) is 0 Å². The molecule has 0 atom stereocenters. The fourth-order valence-corrected chi connectivity index (χ4v) is 2.32. The minimum Gasteiger partial charge on any atom is -0.314 e. The second-order valence-electron chi connectivity index (χ2n) is 4.30. The first kappa shape index (κ1) is 13.6. The molecule has 1 heterocycles. The third-order valence-corrected chi connectivity index (χ3v) is 3.43. The molecule has 0 aliphatic carbocycles. The molecule has 18 heavy (non-hydrogen) atoms. The number of halogens is 4. The predicted molar refractivity (Wildman–Crippen MR) is 64.6 cm³/mol. The van der Waals surface area contributed by atoms with Gasteiger partial charge in [0.1, 0.15) is 0 Å². The zero-order chi connectivity index (χ0) is 13.2. The number of nitrogens with zero attached hydrogens (tertiary/aromatic N) is 1. The summed E-state index contributed by atoms with van der Waals surface area (Å²) < 4.78 is 38.1. The summed E-state index contributed by atoms with van der Waals surface area (Å²) in [5.41, 5.74) is -0.217. The van der Waals surface area contributed by atoms with E-state index in [0.717, 1.165) is 32.2 Å². The summed E-state index contributed by atoms with van der Waals surface area (Å²) in [5, 5.41) is 3.02. The lowest BCUT2D eigenvalue weighted by atomic mass is 10.1. The highest BCUT2D eigenvalue weighted by molar-refractivity contribution is 6.32. The van der Waals surface area contributed by atoms with Gasteiger partial charge in [0.05, 0.1) is 10.6 Å². The largest absolute Gasteiger partial charge is 0.417 e. The van der Waals surface area contributed by atoms with Crippen LogP contribution in [0.4, 0.5) is 13.2 Å². The van der Waals surface area contributed by atoms with Crippen LogP contribution >= 0.6 is 11.6 Å². The van der Waals surface area contributed by atoms with Crippen molar-refractivity contribution in [2.45, 2.75) is 12.7 Å². The van der Waals surface area contributed by atoms with Gasteiger partial charge in [0, 0.05) is 32.7 Å². The Labute approximate surface area is 109 Å². The molecule has 0 amide bonds. The van der Waals surface area contributed by atoms with E-state index in [2.05, 4.69) is 10.2 Å². The minimum atomic E-state index is -4.39. The molecule has 1 aromatic rings. The summed E-state index contributed by atoms with van der Waals surface area (Å²) in [6.45, 7) is 3.83. The SMILES string of the molecule is FC(F)(F)c1cccc(CN2CCNCC2)c1Cl. The molecule has 6 heteroatoms. The van der Waals surface area contributed by atoms with E-state index in [1.165, 1.54) is 6.07 Å². The lowest BCUT2D eigenvalue weighted by Crippen LogP contribution is -2.42. The first-order chi connectivity index (χ1) is 8.48. The standard InChI is InChI=1S/C12H14ClF3N2/c13-11-9(8-18-6-4-17-5-7-18)2-1-3-10(11)12(14,15)16/h1-3,17H,4-8H2. The molecule has 0 saturated carbocycles. The Kier molecular flexibility index (Phi) is 4.14. The van der Waals surface area contributed by atoms with Gasteiger partial charge in [-0.1, -0.05) is 23.7 Å². The number of hydrogen-bond donors (Lipinski definition) is 1. The summed E-state index contributed by atoms with van der Waals surface area (Å²) in [5.74, 6) is 0. The second-order valence-corrected chi connectivity index (χ2v) is 4.68. The molecule has 2 nitrogen and oxygen atoms in total. The normalized spacial score (nSPS) is 18.0. The molecule has 2 rings (SSSR count). The monoisotopic (exact) mass is 278 g/mol. The Bertz CT molecular complexity index is 414. The Morgan fingerprint density at radius 1 is 1.22 bits per heavy atom. The average Bonchev–Trinajstić information content (AvgIpc) is 2.32. The van der Waals surface area contributed by atoms with Crippen molar-refractivity contribution in [2.75, 3.05) is 26.2 Å². The first-order valence-corrected chi connectivity index (χ1v) is 6.14. The van der Waals surface area contributed by atoms with Crippen LogP contribution in [0, 0.1) is 0 Å². The van der Waals surface area contributed by atoms with E-state index in [4.69, 9.17) is 11.6 Å². The minimum absolute atomic E-state index is 0.177. The Hall–Kier alpha value is -0.780. The van der Waals surface area contributed by atoms with Gasteiger partial charge in [0.15, 0.2) is 0 Å². The van der Waals surface area contributed by atoms with Crippen LogP contribution in [-0.4, -0.2) is 31.1 Å². The highest BCUT2D eigenvalue weighted by atomic mass is 35.5. The summed E-state index contributed by atoms with van der Waals surface area (Å²) >= 11 is 5.85. The Morgan fingerprint density at radius 3 is 2.50 bits per heavy atom. The molecular weight excluding hydrogens is 265 g/mol. The zero-order valence-corrected chi connectivity index (χ0v) is 10.5. The quantitative estimate of drug-likeness (QED) is 0.895. The molecule has 1 N–H and O–H groups in total. The van der Waals surface area contributed by atoms with Crippen LogP contribution in [0.2, 0.25) is 5.02 Å². The molecule has 0 unspecified atom stereocenters. The van der Waals surface area contributed by atoms with E-state index in [0.29, 0.717) is 12.1 Å². The van der Waals surface area contributed by atoms with Crippen molar-refractivity contribution in [1.82, 2.24) is 10.2 Å². The molecule has 0 bridgehead atoms. The number of hydrogen-bond acceptors (Lipinski definition) is 2. The van der Waals surface area contributed by atoms with Crippen LogP contribution in [0.15, 0.2) is 18.2 Å². The van der Waals surface area contributed by atoms with E-state index < -0.39 is 11.7 Å². The van der Waals surface area contributed by atoms with Crippen molar-refractivity contribution in [3.05, 3.63) is 34.3 Å². The van der Waals surface area contributed by atoms with E-state index in [1.54, 1.807) is 6.07 Å². The van der Waals surface area contributed by atoms with Gasteiger partial charge in [-0.15, -0.1) is 0 Å². The molecule has 1 saturated heterocycles. The van der Waals surface area contributed by atoms with E-state index in [-0.39, 0.29) is 5.02 Å². The molecule has 1 aliphatic heterocycles. The fourth-order valence-electron chi connectivity index (χ4n) is 2.03. The van der Waals surface area contributed by atoms with Crippen molar-refractivity contribution >= 4 is 11.6 Å². The summed E-state index contributed by atoms with van der Waals surface area (Å²) in [4.78, 5) is 2.10. The summed E-state index contributed by atoms with van der Waals surface area (Å²) in [6, 6.07) is 4.08. The molecule has 100 valence electrons. The molecule has 0 aromatic heterocycles. The molecule has 1 fully saturated rings. The summed E-state index contributed by atoms with van der Waals surface area (Å²) in [6.07, 6.45) is -4.39. The van der Waals surface area contributed by atoms with Crippen LogP contribution in [0.5, 0.6) is 0 Å². The number of rotatable bonds is 2. The van der Waals surface area contributed by atoms with Gasteiger partial charge >= 0.3 is 6.18 Å². The van der Waals surface area contributed by atoms with Crippen LogP contribution in [0.1, 0.15) is 11.1 Å². The lowest BCUT2D eigenvalue weighted by molar-refractivity contribution is -0.137.